The second kappa shape index (κ2) is 8.16. The van der Waals surface area contributed by atoms with Crippen molar-refractivity contribution < 1.29 is 4.79 Å². The molecular weight excluding hydrogens is 370 g/mol. The Labute approximate surface area is 169 Å². The standard InChI is InChI=1S/C23H20ClN3O/c1-4-12-27-16(3)19(18-8-5-6-11-22(18)27)13-17(14-25)23(28)26-21-10-7-9-20(24)15(21)2/h4-11,13H,1,12H2,2-3H3,(H,26,28)/b17-13-. The van der Waals surface area contributed by atoms with E-state index in [1.54, 1.807) is 24.3 Å². The van der Waals surface area contributed by atoms with Crippen molar-refractivity contribution in [2.45, 2.75) is 20.4 Å². The first-order valence-electron chi connectivity index (χ1n) is 8.85. The third-order valence-electron chi connectivity index (χ3n) is 4.76. The number of nitriles is 1. The van der Waals surface area contributed by atoms with Crippen LogP contribution in [0.4, 0.5) is 5.69 Å². The third kappa shape index (κ3) is 3.58. The Morgan fingerprint density at radius 1 is 1.25 bits per heavy atom. The number of benzene rings is 2. The first-order chi connectivity index (χ1) is 13.5. The molecule has 0 spiro atoms. The van der Waals surface area contributed by atoms with E-state index in [9.17, 15) is 10.1 Å². The number of rotatable bonds is 5. The molecule has 0 fully saturated rings. The van der Waals surface area contributed by atoms with E-state index in [2.05, 4.69) is 16.5 Å². The quantitative estimate of drug-likeness (QED) is 0.348. The maximum absolute atomic E-state index is 12.7. The van der Waals surface area contributed by atoms with Gasteiger partial charge >= 0.3 is 0 Å². The molecule has 2 aromatic carbocycles. The van der Waals surface area contributed by atoms with Crippen molar-refractivity contribution in [3.8, 4) is 6.07 Å². The lowest BCUT2D eigenvalue weighted by Crippen LogP contribution is -2.14. The van der Waals surface area contributed by atoms with Crippen LogP contribution in [-0.4, -0.2) is 10.5 Å². The van der Waals surface area contributed by atoms with E-state index in [-0.39, 0.29) is 5.57 Å². The number of allylic oxidation sites excluding steroid dienone is 1. The van der Waals surface area contributed by atoms with Gasteiger partial charge in [0.1, 0.15) is 11.6 Å². The number of nitrogens with zero attached hydrogens (tertiary/aromatic N) is 2. The molecule has 0 bridgehead atoms. The van der Waals surface area contributed by atoms with Crippen LogP contribution in [0, 0.1) is 25.2 Å². The summed E-state index contributed by atoms with van der Waals surface area (Å²) in [5, 5.41) is 13.9. The highest BCUT2D eigenvalue weighted by atomic mass is 35.5. The van der Waals surface area contributed by atoms with Crippen molar-refractivity contribution in [3.63, 3.8) is 0 Å². The highest BCUT2D eigenvalue weighted by Crippen LogP contribution is 2.29. The fraction of sp³-hybridized carbons (Fsp3) is 0.130. The largest absolute Gasteiger partial charge is 0.340 e. The Bertz CT molecular complexity index is 1150. The molecule has 3 rings (SSSR count). The third-order valence-corrected chi connectivity index (χ3v) is 5.17. The zero-order chi connectivity index (χ0) is 20.3. The van der Waals surface area contributed by atoms with Crippen molar-refractivity contribution in [2.75, 3.05) is 5.32 Å². The molecule has 1 amide bonds. The van der Waals surface area contributed by atoms with Gasteiger partial charge in [-0.3, -0.25) is 4.79 Å². The average molecular weight is 390 g/mol. The number of hydrogen-bond acceptors (Lipinski definition) is 2. The lowest BCUT2D eigenvalue weighted by molar-refractivity contribution is -0.112. The monoisotopic (exact) mass is 389 g/mol. The molecule has 140 valence electrons. The van der Waals surface area contributed by atoms with Gasteiger partial charge in [-0.05, 0) is 43.7 Å². The number of anilines is 1. The molecule has 0 aliphatic heterocycles. The summed E-state index contributed by atoms with van der Waals surface area (Å²) >= 11 is 6.12. The summed E-state index contributed by atoms with van der Waals surface area (Å²) in [5.41, 5.74) is 4.24. The minimum absolute atomic E-state index is 0.0315. The maximum Gasteiger partial charge on any atom is 0.266 e. The van der Waals surface area contributed by atoms with E-state index < -0.39 is 5.91 Å². The molecule has 0 radical (unpaired) electrons. The summed E-state index contributed by atoms with van der Waals surface area (Å²) in [7, 11) is 0. The topological polar surface area (TPSA) is 57.8 Å². The van der Waals surface area contributed by atoms with Gasteiger partial charge < -0.3 is 9.88 Å². The van der Waals surface area contributed by atoms with Crippen LogP contribution < -0.4 is 5.32 Å². The smallest absolute Gasteiger partial charge is 0.266 e. The van der Waals surface area contributed by atoms with Crippen LogP contribution in [-0.2, 0) is 11.3 Å². The summed E-state index contributed by atoms with van der Waals surface area (Å²) in [6, 6.07) is 15.2. The molecule has 5 heteroatoms. The molecule has 4 nitrogen and oxygen atoms in total. The van der Waals surface area contributed by atoms with Crippen molar-refractivity contribution in [1.82, 2.24) is 4.57 Å². The lowest BCUT2D eigenvalue weighted by Gasteiger charge is -2.09. The van der Waals surface area contributed by atoms with Crippen molar-refractivity contribution in [1.29, 1.82) is 5.26 Å². The number of hydrogen-bond donors (Lipinski definition) is 1. The molecule has 0 unspecified atom stereocenters. The van der Waals surface area contributed by atoms with Crippen LogP contribution in [0.15, 0.2) is 60.7 Å². The predicted octanol–water partition coefficient (Wildman–Crippen LogP) is 5.64. The van der Waals surface area contributed by atoms with Crippen molar-refractivity contribution in [3.05, 3.63) is 82.5 Å². The Kier molecular flexibility index (Phi) is 5.67. The van der Waals surface area contributed by atoms with E-state index in [0.717, 1.165) is 27.7 Å². The van der Waals surface area contributed by atoms with E-state index in [1.807, 2.05) is 50.3 Å². The molecule has 28 heavy (non-hydrogen) atoms. The van der Waals surface area contributed by atoms with Gasteiger partial charge in [0.2, 0.25) is 0 Å². The molecule has 1 heterocycles. The minimum atomic E-state index is -0.465. The second-order valence-corrected chi connectivity index (χ2v) is 6.86. The van der Waals surface area contributed by atoms with Gasteiger partial charge in [0.05, 0.1) is 0 Å². The normalized spacial score (nSPS) is 11.3. The van der Waals surface area contributed by atoms with E-state index >= 15 is 0 Å². The van der Waals surface area contributed by atoms with Gasteiger partial charge in [0.25, 0.3) is 5.91 Å². The molecule has 1 N–H and O–H groups in total. The number of aromatic nitrogens is 1. The zero-order valence-electron chi connectivity index (χ0n) is 15.8. The Morgan fingerprint density at radius 2 is 2.00 bits per heavy atom. The molecule has 1 aromatic heterocycles. The fourth-order valence-electron chi connectivity index (χ4n) is 3.23. The Hall–Kier alpha value is -3.29. The number of nitrogens with one attached hydrogen (secondary N) is 1. The predicted molar refractivity (Wildman–Crippen MR) is 115 cm³/mol. The van der Waals surface area contributed by atoms with E-state index in [0.29, 0.717) is 17.3 Å². The van der Waals surface area contributed by atoms with Crippen LogP contribution in [0.25, 0.3) is 17.0 Å². The van der Waals surface area contributed by atoms with E-state index in [4.69, 9.17) is 11.6 Å². The summed E-state index contributed by atoms with van der Waals surface area (Å²) in [4.78, 5) is 12.7. The van der Waals surface area contributed by atoms with Crippen LogP contribution in [0.5, 0.6) is 0 Å². The number of halogens is 1. The summed E-state index contributed by atoms with van der Waals surface area (Å²) in [5.74, 6) is -0.465. The van der Waals surface area contributed by atoms with Crippen LogP contribution in [0.1, 0.15) is 16.8 Å². The van der Waals surface area contributed by atoms with Crippen molar-refractivity contribution >= 4 is 40.2 Å². The fourth-order valence-corrected chi connectivity index (χ4v) is 3.40. The molecule has 0 saturated heterocycles. The number of amides is 1. The number of carbonyl (C=O) groups is 1. The summed E-state index contributed by atoms with van der Waals surface area (Å²) < 4.78 is 2.11. The van der Waals surface area contributed by atoms with Gasteiger partial charge in [-0.15, -0.1) is 6.58 Å². The summed E-state index contributed by atoms with van der Waals surface area (Å²) in [6.07, 6.45) is 3.47. The number of carbonyl (C=O) groups excluding carboxylic acids is 1. The van der Waals surface area contributed by atoms with Crippen LogP contribution >= 0.6 is 11.6 Å². The van der Waals surface area contributed by atoms with Gasteiger partial charge in [-0.2, -0.15) is 5.26 Å². The second-order valence-electron chi connectivity index (χ2n) is 6.45. The molecule has 0 saturated carbocycles. The van der Waals surface area contributed by atoms with Crippen LogP contribution in [0.3, 0.4) is 0 Å². The minimum Gasteiger partial charge on any atom is -0.340 e. The molecule has 0 aliphatic rings. The number of para-hydroxylation sites is 1. The highest BCUT2D eigenvalue weighted by Gasteiger charge is 2.16. The Morgan fingerprint density at radius 3 is 2.71 bits per heavy atom. The highest BCUT2D eigenvalue weighted by molar-refractivity contribution is 6.31. The first-order valence-corrected chi connectivity index (χ1v) is 9.22. The number of fused-ring (bicyclic) bond motifs is 1. The van der Waals surface area contributed by atoms with Gasteiger partial charge in [-0.1, -0.05) is 41.9 Å². The van der Waals surface area contributed by atoms with E-state index in [1.165, 1.54) is 0 Å². The zero-order valence-corrected chi connectivity index (χ0v) is 16.5. The maximum atomic E-state index is 12.7. The van der Waals surface area contributed by atoms with Gasteiger partial charge in [-0.25, -0.2) is 0 Å². The average Bonchev–Trinajstić information content (AvgIpc) is 2.95. The van der Waals surface area contributed by atoms with Crippen molar-refractivity contribution in [2.24, 2.45) is 0 Å². The SMILES string of the molecule is C=CCn1c(C)c(/C=C(/C#N)C(=O)Nc2cccc(Cl)c2C)c2ccccc21. The molecule has 0 aliphatic carbocycles. The lowest BCUT2D eigenvalue weighted by atomic mass is 10.1. The van der Waals surface area contributed by atoms with Gasteiger partial charge in [0, 0.05) is 39.4 Å². The molecule has 3 aromatic rings. The summed E-state index contributed by atoms with van der Waals surface area (Å²) in [6.45, 7) is 8.26. The Balaban J connectivity index is 2.05. The molecule has 0 atom stereocenters. The van der Waals surface area contributed by atoms with Crippen LogP contribution in [0.2, 0.25) is 5.02 Å². The first kappa shape index (κ1) is 19.5. The molecular formula is C23H20ClN3O. The van der Waals surface area contributed by atoms with Gasteiger partial charge in [0.15, 0.2) is 0 Å².